The average Bonchev–Trinajstić information content (AvgIpc) is 3.35. The molecule has 0 N–H and O–H groups in total. The minimum atomic E-state index is 0.0608. The quantitative estimate of drug-likeness (QED) is 0.261. The minimum Gasteiger partial charge on any atom is -0.311 e. The number of likely N-dealkylation sites (N-methyl/N-ethyl adjacent to an activating group) is 1. The lowest BCUT2D eigenvalue weighted by molar-refractivity contribution is -0.107. The number of anilines is 1. The molecule has 0 radical (unpaired) electrons. The normalized spacial score (nSPS) is 14.6. The van der Waals surface area contributed by atoms with Gasteiger partial charge in [-0.1, -0.05) is 50.5 Å². The lowest BCUT2D eigenvalue weighted by Gasteiger charge is -2.25. The molecule has 1 fully saturated rings. The molecule has 8 nitrogen and oxygen atoms in total. The van der Waals surface area contributed by atoms with Crippen molar-refractivity contribution in [2.45, 2.75) is 51.6 Å². The highest BCUT2D eigenvalue weighted by molar-refractivity contribution is 6.06. The molecule has 2 heterocycles. The lowest BCUT2D eigenvalue weighted by atomic mass is 9.95. The van der Waals surface area contributed by atoms with Crippen molar-refractivity contribution in [1.29, 1.82) is 0 Å². The molecule has 4 aromatic rings. The molecule has 188 valence electrons. The number of nitrogens with zero attached hydrogens (tertiary/aromatic N) is 6. The Morgan fingerprint density at radius 2 is 1.86 bits per heavy atom. The molecule has 0 bridgehead atoms. The fraction of sp³-hybridized carbons (Fsp3) is 0.429. The Morgan fingerprint density at radius 1 is 1.08 bits per heavy atom. The molecule has 1 amide bonds. The summed E-state index contributed by atoms with van der Waals surface area (Å²) in [5, 5.41) is 7.00. The Balaban J connectivity index is 1.47. The highest BCUT2D eigenvalue weighted by atomic mass is 16.1. The molecule has 2 aromatic heterocycles. The van der Waals surface area contributed by atoms with Crippen LogP contribution in [-0.2, 0) is 18.4 Å². The molecule has 8 heteroatoms. The highest BCUT2D eigenvalue weighted by Crippen LogP contribution is 2.30. The number of hydrogen-bond donors (Lipinski definition) is 0. The first-order valence-electron chi connectivity index (χ1n) is 12.9. The van der Waals surface area contributed by atoms with Gasteiger partial charge in [0.25, 0.3) is 5.56 Å². The van der Waals surface area contributed by atoms with Crippen LogP contribution in [0.2, 0.25) is 0 Å². The van der Waals surface area contributed by atoms with Crippen LogP contribution in [0.3, 0.4) is 0 Å². The third kappa shape index (κ3) is 4.78. The van der Waals surface area contributed by atoms with Gasteiger partial charge in [0.1, 0.15) is 0 Å². The highest BCUT2D eigenvalue weighted by Gasteiger charge is 2.20. The van der Waals surface area contributed by atoms with Gasteiger partial charge in [-0.05, 0) is 36.4 Å². The van der Waals surface area contributed by atoms with Gasteiger partial charge in [0, 0.05) is 44.3 Å². The molecule has 0 unspecified atom stereocenters. The van der Waals surface area contributed by atoms with Gasteiger partial charge in [-0.25, -0.2) is 4.98 Å². The SMILES string of the molecule is CCN(CCN(C=O)c1cnn(C)c1)Cc1cc2c(=O)n(C3CCCCC3)cnc2c2ccccc12. The van der Waals surface area contributed by atoms with Crippen molar-refractivity contribution in [1.82, 2.24) is 24.2 Å². The van der Waals surface area contributed by atoms with Crippen LogP contribution in [0.25, 0.3) is 21.7 Å². The van der Waals surface area contributed by atoms with Gasteiger partial charge in [0.2, 0.25) is 6.41 Å². The van der Waals surface area contributed by atoms with Crippen LogP contribution < -0.4 is 10.5 Å². The Kier molecular flexibility index (Phi) is 7.13. The lowest BCUT2D eigenvalue weighted by Crippen LogP contribution is -2.34. The molecular formula is C28H34N6O2. The van der Waals surface area contributed by atoms with E-state index in [1.165, 1.54) is 19.3 Å². The number of aryl methyl sites for hydroxylation is 1. The molecular weight excluding hydrogens is 452 g/mol. The number of carbonyl (C=O) groups is 1. The molecule has 36 heavy (non-hydrogen) atoms. The van der Waals surface area contributed by atoms with E-state index in [0.717, 1.165) is 53.3 Å². The van der Waals surface area contributed by atoms with Crippen molar-refractivity contribution >= 4 is 33.8 Å². The smallest absolute Gasteiger partial charge is 0.261 e. The van der Waals surface area contributed by atoms with E-state index in [1.807, 2.05) is 36.0 Å². The Bertz CT molecular complexity index is 1420. The van der Waals surface area contributed by atoms with Crippen molar-refractivity contribution in [2.24, 2.45) is 7.05 Å². The predicted molar refractivity (Wildman–Crippen MR) is 143 cm³/mol. The number of carbonyl (C=O) groups excluding carboxylic acids is 1. The summed E-state index contributed by atoms with van der Waals surface area (Å²) >= 11 is 0. The van der Waals surface area contributed by atoms with Crippen molar-refractivity contribution < 1.29 is 4.79 Å². The number of rotatable bonds is 9. The summed E-state index contributed by atoms with van der Waals surface area (Å²) in [5.41, 5.74) is 2.73. The molecule has 0 atom stereocenters. The fourth-order valence-corrected chi connectivity index (χ4v) is 5.44. The van der Waals surface area contributed by atoms with Crippen LogP contribution in [0.15, 0.2) is 53.8 Å². The summed E-state index contributed by atoms with van der Waals surface area (Å²) in [4.78, 5) is 34.1. The van der Waals surface area contributed by atoms with Gasteiger partial charge in [-0.3, -0.25) is 23.7 Å². The standard InChI is InChI=1S/C28H34N6O2/c1-3-32(13-14-33(20-35)23-16-30-31(2)18-23)17-21-15-26-27(25-12-8-7-11-24(21)25)29-19-34(28(26)36)22-9-5-4-6-10-22/h7-8,11-12,15-16,18-20,22H,3-6,9-10,13-14,17H2,1-2H3. The summed E-state index contributed by atoms with van der Waals surface area (Å²) in [6, 6.07) is 10.5. The molecule has 0 saturated heterocycles. The third-order valence-electron chi connectivity index (χ3n) is 7.49. The monoisotopic (exact) mass is 486 g/mol. The zero-order valence-electron chi connectivity index (χ0n) is 21.1. The second kappa shape index (κ2) is 10.6. The van der Waals surface area contributed by atoms with E-state index in [1.54, 1.807) is 22.1 Å². The van der Waals surface area contributed by atoms with Crippen LogP contribution in [-0.4, -0.2) is 50.3 Å². The first-order valence-corrected chi connectivity index (χ1v) is 12.9. The number of hydrogen-bond acceptors (Lipinski definition) is 5. The van der Waals surface area contributed by atoms with E-state index in [4.69, 9.17) is 4.98 Å². The first kappa shape index (κ1) is 24.2. The number of benzene rings is 2. The Morgan fingerprint density at radius 3 is 2.56 bits per heavy atom. The minimum absolute atomic E-state index is 0.0608. The third-order valence-corrected chi connectivity index (χ3v) is 7.49. The summed E-state index contributed by atoms with van der Waals surface area (Å²) in [6.45, 7) is 4.90. The number of aromatic nitrogens is 4. The second-order valence-corrected chi connectivity index (χ2v) is 9.77. The van der Waals surface area contributed by atoms with Gasteiger partial charge in [0.05, 0.1) is 29.1 Å². The van der Waals surface area contributed by atoms with E-state index < -0.39 is 0 Å². The zero-order chi connectivity index (χ0) is 25.1. The maximum atomic E-state index is 13.6. The molecule has 1 aliphatic rings. The maximum absolute atomic E-state index is 13.6. The molecule has 1 aliphatic carbocycles. The van der Waals surface area contributed by atoms with Crippen molar-refractivity contribution in [3.8, 4) is 0 Å². The summed E-state index contributed by atoms with van der Waals surface area (Å²) < 4.78 is 3.56. The Hall–Kier alpha value is -3.52. The van der Waals surface area contributed by atoms with E-state index in [2.05, 4.69) is 29.1 Å². The van der Waals surface area contributed by atoms with Crippen molar-refractivity contribution in [3.05, 3.63) is 65.0 Å². The second-order valence-electron chi connectivity index (χ2n) is 9.77. The van der Waals surface area contributed by atoms with Gasteiger partial charge in [-0.15, -0.1) is 0 Å². The summed E-state index contributed by atoms with van der Waals surface area (Å²) in [5.74, 6) is 0. The van der Waals surface area contributed by atoms with Crippen LogP contribution in [0.1, 0.15) is 50.6 Å². The van der Waals surface area contributed by atoms with E-state index >= 15 is 0 Å². The molecule has 0 aliphatic heterocycles. The van der Waals surface area contributed by atoms with E-state index in [9.17, 15) is 9.59 Å². The summed E-state index contributed by atoms with van der Waals surface area (Å²) in [7, 11) is 1.84. The van der Waals surface area contributed by atoms with Crippen LogP contribution in [0, 0.1) is 0 Å². The number of amides is 1. The van der Waals surface area contributed by atoms with Gasteiger partial charge >= 0.3 is 0 Å². The van der Waals surface area contributed by atoms with E-state index in [0.29, 0.717) is 25.0 Å². The van der Waals surface area contributed by atoms with Gasteiger partial charge in [-0.2, -0.15) is 5.10 Å². The first-order chi connectivity index (χ1) is 17.6. The predicted octanol–water partition coefficient (Wildman–Crippen LogP) is 4.27. The maximum Gasteiger partial charge on any atom is 0.261 e. The molecule has 0 spiro atoms. The zero-order valence-corrected chi connectivity index (χ0v) is 21.1. The van der Waals surface area contributed by atoms with Crippen LogP contribution in [0.5, 0.6) is 0 Å². The Labute approximate surface area is 211 Å². The van der Waals surface area contributed by atoms with Gasteiger partial charge < -0.3 is 4.90 Å². The van der Waals surface area contributed by atoms with Crippen molar-refractivity contribution in [2.75, 3.05) is 24.5 Å². The number of fused-ring (bicyclic) bond motifs is 3. The molecule has 2 aromatic carbocycles. The average molecular weight is 487 g/mol. The van der Waals surface area contributed by atoms with E-state index in [-0.39, 0.29) is 11.6 Å². The topological polar surface area (TPSA) is 76.3 Å². The largest absolute Gasteiger partial charge is 0.311 e. The van der Waals surface area contributed by atoms with Crippen molar-refractivity contribution in [3.63, 3.8) is 0 Å². The van der Waals surface area contributed by atoms with Crippen LogP contribution in [0.4, 0.5) is 5.69 Å². The van der Waals surface area contributed by atoms with Gasteiger partial charge in [0.15, 0.2) is 0 Å². The molecule has 1 saturated carbocycles. The fourth-order valence-electron chi connectivity index (χ4n) is 5.44. The molecule has 5 rings (SSSR count). The van der Waals surface area contributed by atoms with Crippen LogP contribution >= 0.6 is 0 Å². The summed E-state index contributed by atoms with van der Waals surface area (Å²) in [6.07, 6.45) is 11.8.